The number of nitriles is 1. The Hall–Kier alpha value is -2.93. The van der Waals surface area contributed by atoms with Gasteiger partial charge in [0.15, 0.2) is 0 Å². The molecule has 0 fully saturated rings. The fourth-order valence-electron chi connectivity index (χ4n) is 3.00. The van der Waals surface area contributed by atoms with Gasteiger partial charge in [-0.05, 0) is 43.2 Å². The second-order valence-electron chi connectivity index (χ2n) is 5.99. The van der Waals surface area contributed by atoms with E-state index in [0.29, 0.717) is 17.5 Å². The summed E-state index contributed by atoms with van der Waals surface area (Å²) in [6.45, 7) is 5.01. The molecule has 1 aliphatic rings. The number of benzene rings is 2. The minimum atomic E-state index is -0.298. The third-order valence-corrected chi connectivity index (χ3v) is 4.10. The lowest BCUT2D eigenvalue weighted by molar-refractivity contribution is 0.100. The van der Waals surface area contributed by atoms with Crippen molar-refractivity contribution in [2.75, 3.05) is 11.4 Å². The normalized spacial score (nSPS) is 14.5. The first-order valence-electron chi connectivity index (χ1n) is 8.11. The first kappa shape index (κ1) is 15.9. The van der Waals surface area contributed by atoms with Gasteiger partial charge in [-0.15, -0.1) is 0 Å². The SMILES string of the molecule is CCCN1C(=NC(=O)c2cccc(C#N)c2)Cc2cc(C)ccc21. The molecule has 24 heavy (non-hydrogen) atoms. The average Bonchev–Trinajstić information content (AvgIpc) is 2.91. The van der Waals surface area contributed by atoms with E-state index in [1.165, 1.54) is 11.1 Å². The van der Waals surface area contributed by atoms with E-state index in [1.807, 2.05) is 0 Å². The Kier molecular flexibility index (Phi) is 4.43. The highest BCUT2D eigenvalue weighted by atomic mass is 16.1. The standard InChI is InChI=1S/C20H19N3O/c1-3-9-23-18-8-7-14(2)10-17(18)12-19(23)22-20(24)16-6-4-5-15(11-16)13-21/h4-8,10-11H,3,9,12H2,1-2H3. The Bertz CT molecular complexity index is 861. The molecule has 1 heterocycles. The lowest BCUT2D eigenvalue weighted by Gasteiger charge is -2.19. The number of carbonyl (C=O) groups excluding carboxylic acids is 1. The zero-order valence-corrected chi connectivity index (χ0v) is 13.9. The Morgan fingerprint density at radius 1 is 1.29 bits per heavy atom. The predicted molar refractivity (Wildman–Crippen MR) is 95.4 cm³/mol. The zero-order chi connectivity index (χ0) is 17.1. The number of amides is 1. The van der Waals surface area contributed by atoms with Crippen molar-refractivity contribution >= 4 is 17.4 Å². The fourth-order valence-corrected chi connectivity index (χ4v) is 3.00. The number of aryl methyl sites for hydroxylation is 1. The smallest absolute Gasteiger partial charge is 0.278 e. The molecule has 0 saturated carbocycles. The largest absolute Gasteiger partial charge is 0.329 e. The molecule has 4 nitrogen and oxygen atoms in total. The minimum Gasteiger partial charge on any atom is -0.329 e. The second kappa shape index (κ2) is 6.67. The maximum Gasteiger partial charge on any atom is 0.278 e. The summed E-state index contributed by atoms with van der Waals surface area (Å²) in [6.07, 6.45) is 1.64. The summed E-state index contributed by atoms with van der Waals surface area (Å²) in [5.74, 6) is 0.484. The van der Waals surface area contributed by atoms with Crippen LogP contribution >= 0.6 is 0 Å². The van der Waals surface area contributed by atoms with Crippen LogP contribution in [0.2, 0.25) is 0 Å². The van der Waals surface area contributed by atoms with E-state index in [-0.39, 0.29) is 5.91 Å². The molecule has 0 unspecified atom stereocenters. The number of hydrogen-bond donors (Lipinski definition) is 0. The third-order valence-electron chi connectivity index (χ3n) is 4.10. The monoisotopic (exact) mass is 317 g/mol. The topological polar surface area (TPSA) is 56.5 Å². The van der Waals surface area contributed by atoms with E-state index in [1.54, 1.807) is 24.3 Å². The molecule has 0 N–H and O–H groups in total. The summed E-state index contributed by atoms with van der Waals surface area (Å²) in [5.41, 5.74) is 4.47. The third kappa shape index (κ3) is 3.07. The molecule has 120 valence electrons. The summed E-state index contributed by atoms with van der Waals surface area (Å²) >= 11 is 0. The van der Waals surface area contributed by atoms with Crippen LogP contribution in [0.25, 0.3) is 0 Å². The molecule has 2 aromatic carbocycles. The van der Waals surface area contributed by atoms with Gasteiger partial charge in [-0.2, -0.15) is 10.3 Å². The first-order valence-corrected chi connectivity index (χ1v) is 8.11. The molecule has 0 radical (unpaired) electrons. The van der Waals surface area contributed by atoms with Crippen LogP contribution in [0.15, 0.2) is 47.5 Å². The molecule has 0 spiro atoms. The van der Waals surface area contributed by atoms with Gasteiger partial charge < -0.3 is 4.90 Å². The molecule has 4 heteroatoms. The molecular weight excluding hydrogens is 298 g/mol. The number of nitrogens with zero attached hydrogens (tertiary/aromatic N) is 3. The van der Waals surface area contributed by atoms with E-state index in [4.69, 9.17) is 5.26 Å². The van der Waals surface area contributed by atoms with Gasteiger partial charge in [-0.1, -0.05) is 30.7 Å². The van der Waals surface area contributed by atoms with Gasteiger partial charge in [0, 0.05) is 24.2 Å². The molecule has 0 atom stereocenters. The molecular formula is C20H19N3O. The van der Waals surface area contributed by atoms with Gasteiger partial charge in [-0.25, -0.2) is 0 Å². The van der Waals surface area contributed by atoms with E-state index in [0.717, 1.165) is 24.5 Å². The van der Waals surface area contributed by atoms with Crippen molar-refractivity contribution in [3.8, 4) is 6.07 Å². The summed E-state index contributed by atoms with van der Waals surface area (Å²) in [6, 6.07) is 15.1. The van der Waals surface area contributed by atoms with E-state index in [2.05, 4.69) is 48.0 Å². The molecule has 0 saturated heterocycles. The summed E-state index contributed by atoms with van der Waals surface area (Å²) in [4.78, 5) is 19.0. The highest BCUT2D eigenvalue weighted by Crippen LogP contribution is 2.30. The number of rotatable bonds is 3. The van der Waals surface area contributed by atoms with Crippen molar-refractivity contribution in [1.82, 2.24) is 0 Å². The van der Waals surface area contributed by atoms with E-state index in [9.17, 15) is 4.79 Å². The van der Waals surface area contributed by atoms with Crippen molar-refractivity contribution in [2.24, 2.45) is 4.99 Å². The fraction of sp³-hybridized carbons (Fsp3) is 0.250. The predicted octanol–water partition coefficient (Wildman–Crippen LogP) is 3.88. The van der Waals surface area contributed by atoms with Crippen molar-refractivity contribution in [3.63, 3.8) is 0 Å². The summed E-state index contributed by atoms with van der Waals surface area (Å²) in [7, 11) is 0. The number of amidine groups is 1. The Labute approximate surface area is 142 Å². The zero-order valence-electron chi connectivity index (χ0n) is 13.9. The molecule has 1 amide bonds. The maximum atomic E-state index is 12.5. The van der Waals surface area contributed by atoms with Crippen LogP contribution in [-0.4, -0.2) is 18.3 Å². The molecule has 2 aromatic rings. The van der Waals surface area contributed by atoms with Crippen LogP contribution in [0, 0.1) is 18.3 Å². The van der Waals surface area contributed by atoms with Crippen LogP contribution in [0.4, 0.5) is 5.69 Å². The van der Waals surface area contributed by atoms with Crippen LogP contribution in [-0.2, 0) is 6.42 Å². The first-order chi connectivity index (χ1) is 11.6. The summed E-state index contributed by atoms with van der Waals surface area (Å²) in [5, 5.41) is 8.98. The molecule has 3 rings (SSSR count). The molecule has 0 bridgehead atoms. The van der Waals surface area contributed by atoms with Crippen LogP contribution < -0.4 is 4.90 Å². The number of anilines is 1. The molecule has 0 aromatic heterocycles. The van der Waals surface area contributed by atoms with Crippen LogP contribution in [0.5, 0.6) is 0 Å². The van der Waals surface area contributed by atoms with Crippen molar-refractivity contribution in [2.45, 2.75) is 26.7 Å². The van der Waals surface area contributed by atoms with Gasteiger partial charge in [0.05, 0.1) is 11.6 Å². The highest BCUT2D eigenvalue weighted by Gasteiger charge is 2.25. The number of fused-ring (bicyclic) bond motifs is 1. The lowest BCUT2D eigenvalue weighted by atomic mass is 10.1. The van der Waals surface area contributed by atoms with Crippen molar-refractivity contribution in [1.29, 1.82) is 5.26 Å². The summed E-state index contributed by atoms with van der Waals surface area (Å²) < 4.78 is 0. The number of aliphatic imine (C=N–C) groups is 1. The Balaban J connectivity index is 1.94. The van der Waals surface area contributed by atoms with E-state index >= 15 is 0 Å². The molecule has 0 aliphatic carbocycles. The Morgan fingerprint density at radius 3 is 2.88 bits per heavy atom. The maximum absolute atomic E-state index is 12.5. The second-order valence-corrected chi connectivity index (χ2v) is 5.99. The molecule has 1 aliphatic heterocycles. The Morgan fingerprint density at radius 2 is 2.12 bits per heavy atom. The lowest BCUT2D eigenvalue weighted by Crippen LogP contribution is -2.28. The van der Waals surface area contributed by atoms with Gasteiger partial charge >= 0.3 is 0 Å². The van der Waals surface area contributed by atoms with Gasteiger partial charge in [0.1, 0.15) is 5.84 Å². The van der Waals surface area contributed by atoms with Gasteiger partial charge in [-0.3, -0.25) is 4.79 Å². The van der Waals surface area contributed by atoms with Crippen LogP contribution in [0.1, 0.15) is 40.4 Å². The van der Waals surface area contributed by atoms with Crippen molar-refractivity contribution < 1.29 is 4.79 Å². The van der Waals surface area contributed by atoms with Gasteiger partial charge in [0.2, 0.25) is 0 Å². The quantitative estimate of drug-likeness (QED) is 0.863. The number of carbonyl (C=O) groups is 1. The van der Waals surface area contributed by atoms with Crippen LogP contribution in [0.3, 0.4) is 0 Å². The highest BCUT2D eigenvalue weighted by molar-refractivity contribution is 6.12. The number of hydrogen-bond acceptors (Lipinski definition) is 2. The van der Waals surface area contributed by atoms with Crippen molar-refractivity contribution in [3.05, 3.63) is 64.7 Å². The average molecular weight is 317 g/mol. The van der Waals surface area contributed by atoms with Gasteiger partial charge in [0.25, 0.3) is 5.91 Å². The van der Waals surface area contributed by atoms with E-state index < -0.39 is 0 Å². The minimum absolute atomic E-state index is 0.298.